The molecule has 21 heavy (non-hydrogen) atoms. The van der Waals surface area contributed by atoms with Crippen LogP contribution in [0.25, 0.3) is 0 Å². The van der Waals surface area contributed by atoms with E-state index in [1.165, 1.54) is 6.07 Å². The van der Waals surface area contributed by atoms with Gasteiger partial charge in [-0.25, -0.2) is 4.39 Å². The van der Waals surface area contributed by atoms with E-state index in [-0.39, 0.29) is 31.5 Å². The van der Waals surface area contributed by atoms with E-state index in [9.17, 15) is 9.18 Å². The lowest BCUT2D eigenvalue weighted by molar-refractivity contribution is -0.123. The third kappa shape index (κ3) is 4.57. The Kier molecular flexibility index (Phi) is 5.29. The van der Waals surface area contributed by atoms with Crippen LogP contribution in [0, 0.1) is 5.82 Å². The van der Waals surface area contributed by atoms with Crippen molar-refractivity contribution in [1.82, 2.24) is 5.32 Å². The van der Waals surface area contributed by atoms with E-state index >= 15 is 0 Å². The second-order valence-corrected chi connectivity index (χ2v) is 4.46. The molecule has 0 fully saturated rings. The van der Waals surface area contributed by atoms with Gasteiger partial charge in [-0.2, -0.15) is 0 Å². The molecule has 0 spiro atoms. The Morgan fingerprint density at radius 3 is 2.76 bits per heavy atom. The van der Waals surface area contributed by atoms with E-state index in [1.54, 1.807) is 42.5 Å². The number of hydrogen-bond donors (Lipinski definition) is 2. The highest BCUT2D eigenvalue weighted by Crippen LogP contribution is 2.13. The molecule has 0 unspecified atom stereocenters. The Bertz CT molecular complexity index is 616. The minimum absolute atomic E-state index is 0.0866. The van der Waals surface area contributed by atoms with Gasteiger partial charge in [0.15, 0.2) is 6.61 Å². The van der Waals surface area contributed by atoms with Crippen LogP contribution < -0.4 is 10.1 Å². The molecule has 0 bridgehead atoms. The van der Waals surface area contributed by atoms with E-state index in [0.717, 1.165) is 0 Å². The molecule has 2 rings (SSSR count). The number of halogens is 1. The first kappa shape index (κ1) is 15.0. The Balaban J connectivity index is 1.81. The molecular formula is C16H16FNO3. The maximum atomic E-state index is 13.4. The molecule has 0 aromatic heterocycles. The Morgan fingerprint density at radius 1 is 1.19 bits per heavy atom. The molecule has 0 radical (unpaired) electrons. The first-order valence-corrected chi connectivity index (χ1v) is 6.52. The first-order valence-electron chi connectivity index (χ1n) is 6.52. The van der Waals surface area contributed by atoms with Gasteiger partial charge in [0, 0.05) is 12.1 Å². The third-order valence-corrected chi connectivity index (χ3v) is 2.88. The molecule has 0 atom stereocenters. The van der Waals surface area contributed by atoms with Crippen molar-refractivity contribution in [1.29, 1.82) is 0 Å². The van der Waals surface area contributed by atoms with Crippen molar-refractivity contribution in [3.05, 3.63) is 65.5 Å². The molecule has 0 aliphatic carbocycles. The summed E-state index contributed by atoms with van der Waals surface area (Å²) in [5.74, 6) is -0.190. The van der Waals surface area contributed by atoms with Crippen molar-refractivity contribution < 1.29 is 19.0 Å². The van der Waals surface area contributed by atoms with Gasteiger partial charge in [-0.05, 0) is 23.8 Å². The van der Waals surface area contributed by atoms with Crippen molar-refractivity contribution in [2.24, 2.45) is 0 Å². The number of nitrogens with one attached hydrogen (secondary N) is 1. The predicted octanol–water partition coefficient (Wildman–Crippen LogP) is 2.01. The van der Waals surface area contributed by atoms with Crippen molar-refractivity contribution in [3.8, 4) is 5.75 Å². The molecule has 0 saturated heterocycles. The van der Waals surface area contributed by atoms with Crippen LogP contribution in [-0.2, 0) is 17.9 Å². The Morgan fingerprint density at radius 2 is 2.00 bits per heavy atom. The highest BCUT2D eigenvalue weighted by molar-refractivity contribution is 5.77. The van der Waals surface area contributed by atoms with Crippen LogP contribution in [0.15, 0.2) is 48.5 Å². The maximum absolute atomic E-state index is 13.4. The van der Waals surface area contributed by atoms with Crippen molar-refractivity contribution in [3.63, 3.8) is 0 Å². The number of aliphatic hydroxyl groups is 1. The highest BCUT2D eigenvalue weighted by Gasteiger charge is 2.05. The summed E-state index contributed by atoms with van der Waals surface area (Å²) in [5, 5.41) is 11.6. The molecule has 4 nitrogen and oxygen atoms in total. The number of ether oxygens (including phenoxy) is 1. The van der Waals surface area contributed by atoms with Gasteiger partial charge in [0.2, 0.25) is 0 Å². The molecule has 2 aromatic carbocycles. The van der Waals surface area contributed by atoms with Crippen LogP contribution in [0.5, 0.6) is 5.75 Å². The third-order valence-electron chi connectivity index (χ3n) is 2.88. The van der Waals surface area contributed by atoms with E-state index in [0.29, 0.717) is 16.9 Å². The maximum Gasteiger partial charge on any atom is 0.258 e. The van der Waals surface area contributed by atoms with Gasteiger partial charge in [-0.3, -0.25) is 4.79 Å². The van der Waals surface area contributed by atoms with Crippen molar-refractivity contribution in [2.45, 2.75) is 13.2 Å². The molecule has 0 aliphatic heterocycles. The zero-order valence-corrected chi connectivity index (χ0v) is 11.4. The Hall–Kier alpha value is -2.40. The van der Waals surface area contributed by atoms with Crippen molar-refractivity contribution in [2.75, 3.05) is 6.61 Å². The standard InChI is InChI=1S/C16H16FNO3/c17-15-7-2-1-5-13(15)9-18-16(20)11-21-14-6-3-4-12(8-14)10-19/h1-8,19H,9-11H2,(H,18,20). The normalized spacial score (nSPS) is 10.2. The minimum Gasteiger partial charge on any atom is -0.484 e. The van der Waals surface area contributed by atoms with Gasteiger partial charge in [-0.1, -0.05) is 30.3 Å². The van der Waals surface area contributed by atoms with Gasteiger partial charge in [0.1, 0.15) is 11.6 Å². The van der Waals surface area contributed by atoms with Crippen LogP contribution in [0.4, 0.5) is 4.39 Å². The average Bonchev–Trinajstić information content (AvgIpc) is 2.52. The topological polar surface area (TPSA) is 58.6 Å². The SMILES string of the molecule is O=C(COc1cccc(CO)c1)NCc1ccccc1F. The molecule has 2 N–H and O–H groups in total. The van der Waals surface area contributed by atoms with Gasteiger partial charge in [0.05, 0.1) is 6.61 Å². The molecule has 0 heterocycles. The van der Waals surface area contributed by atoms with Crippen LogP contribution in [0.3, 0.4) is 0 Å². The van der Waals surface area contributed by atoms with Crippen LogP contribution >= 0.6 is 0 Å². The van der Waals surface area contributed by atoms with Crippen LogP contribution in [0.2, 0.25) is 0 Å². The van der Waals surface area contributed by atoms with Gasteiger partial charge in [0.25, 0.3) is 5.91 Å². The summed E-state index contributed by atoms with van der Waals surface area (Å²) in [4.78, 5) is 11.6. The molecule has 2 aromatic rings. The van der Waals surface area contributed by atoms with Crippen molar-refractivity contribution >= 4 is 5.91 Å². The van der Waals surface area contributed by atoms with Crippen LogP contribution in [-0.4, -0.2) is 17.6 Å². The number of rotatable bonds is 6. The number of amides is 1. The smallest absolute Gasteiger partial charge is 0.258 e. The highest BCUT2D eigenvalue weighted by atomic mass is 19.1. The largest absolute Gasteiger partial charge is 0.484 e. The van der Waals surface area contributed by atoms with Crippen LogP contribution in [0.1, 0.15) is 11.1 Å². The van der Waals surface area contributed by atoms with E-state index in [2.05, 4.69) is 5.32 Å². The average molecular weight is 289 g/mol. The van der Waals surface area contributed by atoms with Gasteiger partial charge < -0.3 is 15.2 Å². The lowest BCUT2D eigenvalue weighted by atomic mass is 10.2. The fourth-order valence-corrected chi connectivity index (χ4v) is 1.77. The number of hydrogen-bond acceptors (Lipinski definition) is 3. The molecule has 0 aliphatic rings. The fourth-order valence-electron chi connectivity index (χ4n) is 1.77. The first-order chi connectivity index (χ1) is 10.2. The number of aliphatic hydroxyl groups excluding tert-OH is 1. The van der Waals surface area contributed by atoms with E-state index in [1.807, 2.05) is 0 Å². The van der Waals surface area contributed by atoms with E-state index < -0.39 is 0 Å². The summed E-state index contributed by atoms with van der Waals surface area (Å²) in [7, 11) is 0. The summed E-state index contributed by atoms with van der Waals surface area (Å²) >= 11 is 0. The molecule has 110 valence electrons. The summed E-state index contributed by atoms with van der Waals surface area (Å²) in [5.41, 5.74) is 1.13. The molecule has 5 heteroatoms. The molecule has 1 amide bonds. The second-order valence-electron chi connectivity index (χ2n) is 4.46. The summed E-state index contributed by atoms with van der Waals surface area (Å²) in [6, 6.07) is 13.1. The van der Waals surface area contributed by atoms with Gasteiger partial charge in [-0.15, -0.1) is 0 Å². The van der Waals surface area contributed by atoms with Gasteiger partial charge >= 0.3 is 0 Å². The quantitative estimate of drug-likeness (QED) is 0.855. The lowest BCUT2D eigenvalue weighted by Crippen LogP contribution is -2.28. The zero-order valence-electron chi connectivity index (χ0n) is 11.4. The lowest BCUT2D eigenvalue weighted by Gasteiger charge is -2.08. The monoisotopic (exact) mass is 289 g/mol. The molecular weight excluding hydrogens is 273 g/mol. The summed E-state index contributed by atoms with van der Waals surface area (Å²) in [6.45, 7) is -0.133. The second kappa shape index (κ2) is 7.40. The zero-order chi connectivity index (χ0) is 15.1. The molecule has 0 saturated carbocycles. The minimum atomic E-state index is -0.352. The number of carbonyl (C=O) groups excluding carboxylic acids is 1. The number of benzene rings is 2. The fraction of sp³-hybridized carbons (Fsp3) is 0.188. The summed E-state index contributed by atoms with van der Waals surface area (Å²) in [6.07, 6.45) is 0. The predicted molar refractivity (Wildman–Crippen MR) is 76.1 cm³/mol. The number of carbonyl (C=O) groups is 1. The van der Waals surface area contributed by atoms with E-state index in [4.69, 9.17) is 9.84 Å². The Labute approximate surface area is 122 Å². The summed E-state index contributed by atoms with van der Waals surface area (Å²) < 4.78 is 18.7.